The summed E-state index contributed by atoms with van der Waals surface area (Å²) in [4.78, 5) is 14.7. The molecule has 0 spiro atoms. The van der Waals surface area contributed by atoms with Crippen molar-refractivity contribution in [1.29, 1.82) is 0 Å². The summed E-state index contributed by atoms with van der Waals surface area (Å²) >= 11 is 0. The standard InChI is InChI=1S/C23H24N2O3/c1-25(2)16-17-27-22-11-7-6-10-21(22)23(26)24-18-12-14-20(15-13-18)28-19-8-4-3-5-9-19/h3-15H,16-17H2,1-2H3,(H,24,26). The highest BCUT2D eigenvalue weighted by molar-refractivity contribution is 6.06. The molecule has 0 radical (unpaired) electrons. The fourth-order valence-corrected chi connectivity index (χ4v) is 2.55. The third-order valence-corrected chi connectivity index (χ3v) is 4.02. The van der Waals surface area contributed by atoms with Gasteiger partial charge in [0.15, 0.2) is 0 Å². The molecule has 0 saturated carbocycles. The van der Waals surface area contributed by atoms with E-state index in [9.17, 15) is 4.79 Å². The molecule has 0 aliphatic carbocycles. The Labute approximate surface area is 165 Å². The van der Waals surface area contributed by atoms with E-state index >= 15 is 0 Å². The van der Waals surface area contributed by atoms with Gasteiger partial charge >= 0.3 is 0 Å². The molecular formula is C23H24N2O3. The summed E-state index contributed by atoms with van der Waals surface area (Å²) in [6.07, 6.45) is 0. The van der Waals surface area contributed by atoms with Crippen molar-refractivity contribution in [2.24, 2.45) is 0 Å². The number of nitrogens with zero attached hydrogens (tertiary/aromatic N) is 1. The molecule has 3 rings (SSSR count). The zero-order valence-corrected chi connectivity index (χ0v) is 16.1. The van der Waals surface area contributed by atoms with Gasteiger partial charge in [0.05, 0.1) is 5.56 Å². The molecule has 0 aromatic heterocycles. The van der Waals surface area contributed by atoms with Crippen molar-refractivity contribution in [3.05, 3.63) is 84.4 Å². The van der Waals surface area contributed by atoms with Gasteiger partial charge in [-0.25, -0.2) is 0 Å². The highest BCUT2D eigenvalue weighted by Crippen LogP contribution is 2.24. The number of rotatable bonds is 8. The lowest BCUT2D eigenvalue weighted by Gasteiger charge is -2.14. The molecule has 144 valence electrons. The van der Waals surface area contributed by atoms with Gasteiger partial charge in [0, 0.05) is 12.2 Å². The van der Waals surface area contributed by atoms with E-state index in [0.717, 1.165) is 12.3 Å². The van der Waals surface area contributed by atoms with Crippen LogP contribution < -0.4 is 14.8 Å². The van der Waals surface area contributed by atoms with Crippen LogP contribution in [0, 0.1) is 0 Å². The Hall–Kier alpha value is -3.31. The number of hydrogen-bond acceptors (Lipinski definition) is 4. The van der Waals surface area contributed by atoms with Crippen LogP contribution in [0.2, 0.25) is 0 Å². The number of para-hydroxylation sites is 2. The molecular weight excluding hydrogens is 352 g/mol. The van der Waals surface area contributed by atoms with Crippen molar-refractivity contribution in [3.63, 3.8) is 0 Å². The minimum absolute atomic E-state index is 0.211. The van der Waals surface area contributed by atoms with Crippen LogP contribution in [0.4, 0.5) is 5.69 Å². The van der Waals surface area contributed by atoms with Crippen molar-refractivity contribution in [2.75, 3.05) is 32.6 Å². The predicted octanol–water partition coefficient (Wildman–Crippen LogP) is 4.67. The second kappa shape index (κ2) is 9.58. The van der Waals surface area contributed by atoms with Gasteiger partial charge in [-0.1, -0.05) is 30.3 Å². The number of carbonyl (C=O) groups excluding carboxylic acids is 1. The second-order valence-electron chi connectivity index (χ2n) is 6.54. The Kier molecular flexibility index (Phi) is 6.65. The van der Waals surface area contributed by atoms with Crippen molar-refractivity contribution in [1.82, 2.24) is 4.90 Å². The molecule has 0 unspecified atom stereocenters. The number of carbonyl (C=O) groups is 1. The van der Waals surface area contributed by atoms with Crippen LogP contribution in [-0.2, 0) is 0 Å². The predicted molar refractivity (Wildman–Crippen MR) is 111 cm³/mol. The highest BCUT2D eigenvalue weighted by atomic mass is 16.5. The number of nitrogens with one attached hydrogen (secondary N) is 1. The molecule has 0 bridgehead atoms. The first-order valence-electron chi connectivity index (χ1n) is 9.13. The van der Waals surface area contributed by atoms with E-state index in [-0.39, 0.29) is 5.91 Å². The number of anilines is 1. The first-order chi connectivity index (χ1) is 13.6. The Morgan fingerprint density at radius 3 is 2.21 bits per heavy atom. The van der Waals surface area contributed by atoms with E-state index in [1.54, 1.807) is 12.1 Å². The zero-order valence-electron chi connectivity index (χ0n) is 16.1. The average molecular weight is 376 g/mol. The molecule has 0 atom stereocenters. The monoisotopic (exact) mass is 376 g/mol. The summed E-state index contributed by atoms with van der Waals surface area (Å²) in [5, 5.41) is 2.90. The number of benzene rings is 3. The fraction of sp³-hybridized carbons (Fsp3) is 0.174. The van der Waals surface area contributed by atoms with E-state index < -0.39 is 0 Å². The SMILES string of the molecule is CN(C)CCOc1ccccc1C(=O)Nc1ccc(Oc2ccccc2)cc1. The van der Waals surface area contributed by atoms with Crippen LogP contribution in [0.25, 0.3) is 0 Å². The summed E-state index contributed by atoms with van der Waals surface area (Å²) in [5.41, 5.74) is 1.19. The number of likely N-dealkylation sites (N-methyl/N-ethyl adjacent to an activating group) is 1. The first kappa shape index (κ1) is 19.5. The van der Waals surface area contributed by atoms with Gasteiger partial charge in [-0.05, 0) is 62.6 Å². The first-order valence-corrected chi connectivity index (χ1v) is 9.13. The van der Waals surface area contributed by atoms with Gasteiger partial charge in [-0.15, -0.1) is 0 Å². The lowest BCUT2D eigenvalue weighted by molar-refractivity contribution is 0.102. The van der Waals surface area contributed by atoms with Crippen molar-refractivity contribution < 1.29 is 14.3 Å². The summed E-state index contributed by atoms with van der Waals surface area (Å²) in [6, 6.07) is 24.1. The third-order valence-electron chi connectivity index (χ3n) is 4.02. The Balaban J connectivity index is 1.63. The fourth-order valence-electron chi connectivity index (χ4n) is 2.55. The molecule has 1 amide bonds. The second-order valence-corrected chi connectivity index (χ2v) is 6.54. The van der Waals surface area contributed by atoms with Crippen LogP contribution in [0.5, 0.6) is 17.2 Å². The van der Waals surface area contributed by atoms with E-state index in [1.165, 1.54) is 0 Å². The smallest absolute Gasteiger partial charge is 0.259 e. The van der Waals surface area contributed by atoms with E-state index in [0.29, 0.717) is 29.4 Å². The molecule has 3 aromatic carbocycles. The van der Waals surface area contributed by atoms with Gasteiger partial charge in [0.1, 0.15) is 23.9 Å². The largest absolute Gasteiger partial charge is 0.491 e. The third kappa shape index (κ3) is 5.59. The van der Waals surface area contributed by atoms with Crippen LogP contribution in [-0.4, -0.2) is 38.1 Å². The number of hydrogen-bond donors (Lipinski definition) is 1. The van der Waals surface area contributed by atoms with Gasteiger partial charge < -0.3 is 19.7 Å². The van der Waals surface area contributed by atoms with Crippen LogP contribution >= 0.6 is 0 Å². The molecule has 3 aromatic rings. The topological polar surface area (TPSA) is 50.8 Å². The lowest BCUT2D eigenvalue weighted by Crippen LogP contribution is -2.20. The van der Waals surface area contributed by atoms with Crippen molar-refractivity contribution in [2.45, 2.75) is 0 Å². The molecule has 1 N–H and O–H groups in total. The number of amides is 1. The summed E-state index contributed by atoms with van der Waals surface area (Å²) < 4.78 is 11.5. The van der Waals surface area contributed by atoms with Crippen molar-refractivity contribution >= 4 is 11.6 Å². The van der Waals surface area contributed by atoms with Crippen LogP contribution in [0.3, 0.4) is 0 Å². The molecule has 0 fully saturated rings. The Morgan fingerprint density at radius 1 is 0.857 bits per heavy atom. The molecule has 0 saturated heterocycles. The molecule has 28 heavy (non-hydrogen) atoms. The number of ether oxygens (including phenoxy) is 2. The van der Waals surface area contributed by atoms with Crippen LogP contribution in [0.15, 0.2) is 78.9 Å². The molecule has 0 aliphatic rings. The summed E-state index contributed by atoms with van der Waals surface area (Å²) in [6.45, 7) is 1.29. The minimum Gasteiger partial charge on any atom is -0.491 e. The summed E-state index contributed by atoms with van der Waals surface area (Å²) in [7, 11) is 3.96. The zero-order chi connectivity index (χ0) is 19.8. The lowest BCUT2D eigenvalue weighted by atomic mass is 10.2. The van der Waals surface area contributed by atoms with E-state index in [2.05, 4.69) is 5.32 Å². The minimum atomic E-state index is -0.211. The normalized spacial score (nSPS) is 10.5. The molecule has 0 aliphatic heterocycles. The van der Waals surface area contributed by atoms with Gasteiger partial charge in [0.2, 0.25) is 0 Å². The van der Waals surface area contributed by atoms with Crippen LogP contribution in [0.1, 0.15) is 10.4 Å². The maximum absolute atomic E-state index is 12.7. The van der Waals surface area contributed by atoms with Gasteiger partial charge in [0.25, 0.3) is 5.91 Å². The van der Waals surface area contributed by atoms with E-state index in [1.807, 2.05) is 85.7 Å². The average Bonchev–Trinajstić information content (AvgIpc) is 2.70. The van der Waals surface area contributed by atoms with Crippen molar-refractivity contribution in [3.8, 4) is 17.2 Å². The van der Waals surface area contributed by atoms with E-state index in [4.69, 9.17) is 9.47 Å². The molecule has 5 nitrogen and oxygen atoms in total. The highest BCUT2D eigenvalue weighted by Gasteiger charge is 2.12. The van der Waals surface area contributed by atoms with Gasteiger partial charge in [-0.3, -0.25) is 4.79 Å². The molecule has 0 heterocycles. The Morgan fingerprint density at radius 2 is 1.50 bits per heavy atom. The molecule has 5 heteroatoms. The maximum atomic E-state index is 12.7. The quantitative estimate of drug-likeness (QED) is 0.621. The van der Waals surface area contributed by atoms with Gasteiger partial charge in [-0.2, -0.15) is 0 Å². The maximum Gasteiger partial charge on any atom is 0.259 e. The summed E-state index contributed by atoms with van der Waals surface area (Å²) in [5.74, 6) is 1.84. The Bertz CT molecular complexity index is 893.